The summed E-state index contributed by atoms with van der Waals surface area (Å²) < 4.78 is 18.1. The molecule has 0 aliphatic carbocycles. The lowest BCUT2D eigenvalue weighted by molar-refractivity contribution is -0.150. The average molecular weight is 379 g/mol. The van der Waals surface area contributed by atoms with E-state index in [1.54, 1.807) is 0 Å². The predicted molar refractivity (Wildman–Crippen MR) is 96.6 cm³/mol. The summed E-state index contributed by atoms with van der Waals surface area (Å²) in [6.45, 7) is 1.95. The molecule has 6 atom stereocenters. The van der Waals surface area contributed by atoms with E-state index < -0.39 is 23.9 Å². The Morgan fingerprint density at radius 3 is 2.32 bits per heavy atom. The summed E-state index contributed by atoms with van der Waals surface area (Å²) in [7, 11) is 0. The minimum Gasteiger partial charge on any atom is -0.387 e. The fourth-order valence-corrected chi connectivity index (χ4v) is 4.37. The zero-order valence-electron chi connectivity index (χ0n) is 13.6. The molecular weight excluding hydrogens is 360 g/mol. The normalized spacial score (nSPS) is 34.7. The number of rotatable bonds is 3. The van der Waals surface area contributed by atoms with Gasteiger partial charge in [0.1, 0.15) is 23.7 Å². The molecule has 0 amide bonds. The smallest absolute Gasteiger partial charge is 0.184 e. The first kappa shape index (κ1) is 17.3. The van der Waals surface area contributed by atoms with Crippen molar-refractivity contribution in [1.82, 2.24) is 0 Å². The molecule has 2 aromatic carbocycles. The summed E-state index contributed by atoms with van der Waals surface area (Å²) >= 11 is 7.39. The Morgan fingerprint density at radius 1 is 0.920 bits per heavy atom. The molecule has 4 nitrogen and oxygen atoms in total. The molecule has 0 saturated carbocycles. The molecule has 0 aromatic heterocycles. The van der Waals surface area contributed by atoms with Crippen LogP contribution in [-0.2, 0) is 14.2 Å². The van der Waals surface area contributed by atoms with Gasteiger partial charge in [0.05, 0.1) is 6.10 Å². The maximum atomic E-state index is 10.8. The summed E-state index contributed by atoms with van der Waals surface area (Å²) in [4.78, 5) is 0.984. The summed E-state index contributed by atoms with van der Waals surface area (Å²) in [6.07, 6.45) is -2.14. The lowest BCUT2D eigenvalue weighted by Gasteiger charge is -2.38. The zero-order chi connectivity index (χ0) is 17.4. The second kappa shape index (κ2) is 7.27. The minimum atomic E-state index is -0.782. The molecule has 6 heteroatoms. The Bertz CT molecular complexity index is 711. The molecule has 4 rings (SSSR count). The molecule has 0 radical (unpaired) electrons. The maximum absolute atomic E-state index is 10.8. The van der Waals surface area contributed by atoms with Gasteiger partial charge in [-0.2, -0.15) is 0 Å². The van der Waals surface area contributed by atoms with Gasteiger partial charge in [0, 0.05) is 15.5 Å². The zero-order valence-corrected chi connectivity index (χ0v) is 15.2. The van der Waals surface area contributed by atoms with E-state index >= 15 is 0 Å². The molecule has 2 fully saturated rings. The van der Waals surface area contributed by atoms with Gasteiger partial charge in [0.25, 0.3) is 0 Å². The minimum absolute atomic E-state index is 0.174. The highest BCUT2D eigenvalue weighted by Crippen LogP contribution is 2.42. The highest BCUT2D eigenvalue weighted by atomic mass is 35.5. The number of fused-ring (bicyclic) bond motifs is 1. The number of benzene rings is 2. The number of ether oxygens (including phenoxy) is 3. The summed E-state index contributed by atoms with van der Waals surface area (Å²) in [6, 6.07) is 17.2. The van der Waals surface area contributed by atoms with Gasteiger partial charge < -0.3 is 19.3 Å². The Hall–Kier alpha value is -1.08. The molecule has 25 heavy (non-hydrogen) atoms. The van der Waals surface area contributed by atoms with Gasteiger partial charge in [0.15, 0.2) is 6.29 Å². The molecule has 2 aliphatic heterocycles. The van der Waals surface area contributed by atoms with E-state index in [2.05, 4.69) is 0 Å². The van der Waals surface area contributed by atoms with E-state index in [0.29, 0.717) is 5.02 Å². The van der Waals surface area contributed by atoms with E-state index in [-0.39, 0.29) is 12.2 Å². The van der Waals surface area contributed by atoms with Gasteiger partial charge in [-0.25, -0.2) is 0 Å². The summed E-state index contributed by atoms with van der Waals surface area (Å²) in [5, 5.41) is 11.4. The third-order valence-electron chi connectivity index (χ3n) is 4.45. The quantitative estimate of drug-likeness (QED) is 0.874. The maximum Gasteiger partial charge on any atom is 0.184 e. The van der Waals surface area contributed by atoms with Gasteiger partial charge >= 0.3 is 0 Å². The largest absolute Gasteiger partial charge is 0.387 e. The number of thioether (sulfide) groups is 1. The van der Waals surface area contributed by atoms with Crippen LogP contribution in [0.2, 0.25) is 5.02 Å². The highest BCUT2D eigenvalue weighted by Gasteiger charge is 2.51. The van der Waals surface area contributed by atoms with Crippen LogP contribution in [-0.4, -0.2) is 35.0 Å². The average Bonchev–Trinajstić information content (AvgIpc) is 3.08. The molecule has 2 heterocycles. The monoisotopic (exact) mass is 378 g/mol. The molecular formula is C19H19ClO4S. The SMILES string of the molecule is C[C@@H]1O[C@H](Sc2ccc(Cl)cc2)[C@@H](O)[C@@H]2OC(c3ccccc3)O[C@@H]21. The van der Waals surface area contributed by atoms with E-state index in [1.165, 1.54) is 11.8 Å². The summed E-state index contributed by atoms with van der Waals surface area (Å²) in [5.74, 6) is 0. The number of hydrogen-bond donors (Lipinski definition) is 1. The lowest BCUT2D eigenvalue weighted by Crippen LogP contribution is -2.54. The Balaban J connectivity index is 1.49. The molecule has 132 valence electrons. The third kappa shape index (κ3) is 3.58. The second-order valence-electron chi connectivity index (χ2n) is 6.22. The molecule has 2 aromatic rings. The van der Waals surface area contributed by atoms with Crippen LogP contribution in [0.1, 0.15) is 18.8 Å². The van der Waals surface area contributed by atoms with Gasteiger partial charge in [-0.1, -0.05) is 53.7 Å². The fourth-order valence-electron chi connectivity index (χ4n) is 3.16. The Labute approximate surface area is 156 Å². The van der Waals surface area contributed by atoms with Crippen LogP contribution in [0.4, 0.5) is 0 Å². The van der Waals surface area contributed by atoms with E-state index in [1.807, 2.05) is 61.5 Å². The van der Waals surface area contributed by atoms with Crippen LogP contribution >= 0.6 is 23.4 Å². The highest BCUT2D eigenvalue weighted by molar-refractivity contribution is 7.99. The van der Waals surface area contributed by atoms with Crippen LogP contribution in [0.15, 0.2) is 59.5 Å². The van der Waals surface area contributed by atoms with Crippen LogP contribution in [0.3, 0.4) is 0 Å². The van der Waals surface area contributed by atoms with E-state index in [0.717, 1.165) is 10.5 Å². The van der Waals surface area contributed by atoms with Crippen molar-refractivity contribution < 1.29 is 19.3 Å². The lowest BCUT2D eigenvalue weighted by atomic mass is 10.0. The van der Waals surface area contributed by atoms with Crippen LogP contribution < -0.4 is 0 Å². The number of aliphatic hydroxyl groups excluding tert-OH is 1. The van der Waals surface area contributed by atoms with Crippen molar-refractivity contribution in [2.24, 2.45) is 0 Å². The van der Waals surface area contributed by atoms with Crippen LogP contribution in [0.25, 0.3) is 0 Å². The first-order valence-electron chi connectivity index (χ1n) is 8.23. The van der Waals surface area contributed by atoms with Crippen molar-refractivity contribution >= 4 is 23.4 Å². The number of hydrogen-bond acceptors (Lipinski definition) is 5. The first-order chi connectivity index (χ1) is 12.1. The van der Waals surface area contributed by atoms with Crippen LogP contribution in [0, 0.1) is 0 Å². The van der Waals surface area contributed by atoms with Crippen molar-refractivity contribution in [1.29, 1.82) is 0 Å². The Morgan fingerprint density at radius 2 is 1.60 bits per heavy atom. The second-order valence-corrected chi connectivity index (χ2v) is 7.82. The fraction of sp³-hybridized carbons (Fsp3) is 0.368. The molecule has 0 spiro atoms. The predicted octanol–water partition coefficient (Wildman–Crippen LogP) is 4.02. The number of halogens is 1. The van der Waals surface area contributed by atoms with Crippen LogP contribution in [0.5, 0.6) is 0 Å². The first-order valence-corrected chi connectivity index (χ1v) is 9.49. The van der Waals surface area contributed by atoms with Gasteiger partial charge in [-0.05, 0) is 31.2 Å². The molecule has 1 N–H and O–H groups in total. The van der Waals surface area contributed by atoms with Crippen molar-refractivity contribution in [2.75, 3.05) is 0 Å². The van der Waals surface area contributed by atoms with Gasteiger partial charge in [0.2, 0.25) is 0 Å². The molecule has 1 unspecified atom stereocenters. The number of aliphatic hydroxyl groups is 1. The summed E-state index contributed by atoms with van der Waals surface area (Å²) in [5.41, 5.74) is 0.522. The molecule has 0 bridgehead atoms. The third-order valence-corrected chi connectivity index (χ3v) is 5.87. The topological polar surface area (TPSA) is 47.9 Å². The van der Waals surface area contributed by atoms with Gasteiger partial charge in [-0.15, -0.1) is 0 Å². The van der Waals surface area contributed by atoms with E-state index in [4.69, 9.17) is 25.8 Å². The van der Waals surface area contributed by atoms with E-state index in [9.17, 15) is 5.11 Å². The van der Waals surface area contributed by atoms with Crippen molar-refractivity contribution in [3.05, 3.63) is 65.2 Å². The van der Waals surface area contributed by atoms with Crippen molar-refractivity contribution in [2.45, 2.75) is 48.0 Å². The van der Waals surface area contributed by atoms with Gasteiger partial charge in [-0.3, -0.25) is 0 Å². The standard InChI is InChI=1S/C19H19ClO4S/c1-11-16-17(24-18(23-16)12-5-3-2-4-6-12)15(21)19(22-11)25-14-9-7-13(20)8-10-14/h2-11,15-19,21H,1H3/t11-,15-,16+,17-,18?,19+/m0/s1. The van der Waals surface area contributed by atoms with Crippen molar-refractivity contribution in [3.8, 4) is 0 Å². The molecule has 2 saturated heterocycles. The Kier molecular flexibility index (Phi) is 5.04. The van der Waals surface area contributed by atoms with Crippen molar-refractivity contribution in [3.63, 3.8) is 0 Å². The molecule has 2 aliphatic rings.